The van der Waals surface area contributed by atoms with Crippen LogP contribution < -0.4 is 5.73 Å². The summed E-state index contributed by atoms with van der Waals surface area (Å²) >= 11 is 0. The highest BCUT2D eigenvalue weighted by Crippen LogP contribution is 2.32. The van der Waals surface area contributed by atoms with E-state index in [4.69, 9.17) is 5.73 Å². The van der Waals surface area contributed by atoms with Crippen molar-refractivity contribution in [1.82, 2.24) is 0 Å². The SMILES string of the molecule is CC(C)c1ccc(C(F)(F)F)cc1CC(N)=O. The van der Waals surface area contributed by atoms with E-state index in [1.807, 2.05) is 13.8 Å². The highest BCUT2D eigenvalue weighted by molar-refractivity contribution is 5.77. The van der Waals surface area contributed by atoms with Crippen LogP contribution in [0.25, 0.3) is 0 Å². The molecule has 0 bridgehead atoms. The highest BCUT2D eigenvalue weighted by atomic mass is 19.4. The maximum absolute atomic E-state index is 12.5. The number of carbonyl (C=O) groups excluding carboxylic acids is 1. The molecule has 0 heterocycles. The average molecular weight is 245 g/mol. The van der Waals surface area contributed by atoms with E-state index < -0.39 is 17.6 Å². The van der Waals surface area contributed by atoms with Gasteiger partial charge in [0.1, 0.15) is 0 Å². The summed E-state index contributed by atoms with van der Waals surface area (Å²) in [7, 11) is 0. The van der Waals surface area contributed by atoms with E-state index in [1.54, 1.807) is 0 Å². The van der Waals surface area contributed by atoms with Gasteiger partial charge in [0.15, 0.2) is 0 Å². The topological polar surface area (TPSA) is 43.1 Å². The van der Waals surface area contributed by atoms with Crippen LogP contribution in [0.3, 0.4) is 0 Å². The molecule has 0 spiro atoms. The number of hydrogen-bond acceptors (Lipinski definition) is 1. The standard InChI is InChI=1S/C12H14F3NO/c1-7(2)10-4-3-9(12(13,14)15)5-8(10)6-11(16)17/h3-5,7H,6H2,1-2H3,(H2,16,17). The lowest BCUT2D eigenvalue weighted by atomic mass is 9.93. The number of nitrogens with two attached hydrogens (primary N) is 1. The van der Waals surface area contributed by atoms with E-state index in [1.165, 1.54) is 6.07 Å². The van der Waals surface area contributed by atoms with Crippen LogP contribution in [0.5, 0.6) is 0 Å². The fourth-order valence-electron chi connectivity index (χ4n) is 1.69. The minimum Gasteiger partial charge on any atom is -0.369 e. The summed E-state index contributed by atoms with van der Waals surface area (Å²) in [5, 5.41) is 0. The van der Waals surface area contributed by atoms with Crippen molar-refractivity contribution in [2.24, 2.45) is 5.73 Å². The summed E-state index contributed by atoms with van der Waals surface area (Å²) in [6, 6.07) is 3.44. The molecular weight excluding hydrogens is 231 g/mol. The summed E-state index contributed by atoms with van der Waals surface area (Å²) in [6.07, 6.45) is -4.57. The molecule has 0 aliphatic carbocycles. The molecule has 1 rings (SSSR count). The second-order valence-electron chi connectivity index (χ2n) is 4.21. The maximum atomic E-state index is 12.5. The molecule has 0 saturated carbocycles. The van der Waals surface area contributed by atoms with E-state index in [-0.39, 0.29) is 12.3 Å². The van der Waals surface area contributed by atoms with Crippen molar-refractivity contribution in [2.75, 3.05) is 0 Å². The Kier molecular flexibility index (Phi) is 3.80. The molecule has 5 heteroatoms. The third-order valence-electron chi connectivity index (χ3n) is 2.46. The minimum atomic E-state index is -4.40. The number of hydrogen-bond donors (Lipinski definition) is 1. The predicted molar refractivity (Wildman–Crippen MR) is 58.4 cm³/mol. The zero-order valence-electron chi connectivity index (χ0n) is 9.64. The molecule has 2 nitrogen and oxygen atoms in total. The Balaban J connectivity index is 3.24. The second-order valence-corrected chi connectivity index (χ2v) is 4.21. The van der Waals surface area contributed by atoms with Crippen molar-refractivity contribution in [1.29, 1.82) is 0 Å². The summed E-state index contributed by atoms with van der Waals surface area (Å²) in [5.74, 6) is -0.585. The van der Waals surface area contributed by atoms with Gasteiger partial charge in [-0.25, -0.2) is 0 Å². The van der Waals surface area contributed by atoms with Crippen molar-refractivity contribution in [3.8, 4) is 0 Å². The molecule has 1 amide bonds. The van der Waals surface area contributed by atoms with Crippen LogP contribution in [0.1, 0.15) is 36.5 Å². The van der Waals surface area contributed by atoms with E-state index in [2.05, 4.69) is 0 Å². The second kappa shape index (κ2) is 4.77. The molecule has 0 unspecified atom stereocenters. The van der Waals surface area contributed by atoms with Gasteiger partial charge < -0.3 is 5.73 Å². The molecule has 0 fully saturated rings. The number of halogens is 3. The average Bonchev–Trinajstić information content (AvgIpc) is 2.14. The van der Waals surface area contributed by atoms with E-state index in [0.29, 0.717) is 5.56 Å². The molecule has 0 radical (unpaired) electrons. The van der Waals surface area contributed by atoms with Crippen LogP contribution in [0.15, 0.2) is 18.2 Å². The third-order valence-corrected chi connectivity index (χ3v) is 2.46. The van der Waals surface area contributed by atoms with Crippen molar-refractivity contribution >= 4 is 5.91 Å². The van der Waals surface area contributed by atoms with Gasteiger partial charge in [-0.15, -0.1) is 0 Å². The zero-order valence-corrected chi connectivity index (χ0v) is 9.64. The van der Waals surface area contributed by atoms with Gasteiger partial charge in [-0.2, -0.15) is 13.2 Å². The number of rotatable bonds is 3. The highest BCUT2D eigenvalue weighted by Gasteiger charge is 2.31. The van der Waals surface area contributed by atoms with Gasteiger partial charge in [0.05, 0.1) is 12.0 Å². The summed E-state index contributed by atoms with van der Waals surface area (Å²) in [4.78, 5) is 10.8. The van der Waals surface area contributed by atoms with E-state index in [9.17, 15) is 18.0 Å². The first kappa shape index (κ1) is 13.5. The minimum absolute atomic E-state index is 0.0478. The fraction of sp³-hybridized carbons (Fsp3) is 0.417. The first-order valence-corrected chi connectivity index (χ1v) is 5.20. The summed E-state index contributed by atoms with van der Waals surface area (Å²) in [5.41, 5.74) is 5.35. The van der Waals surface area contributed by atoms with Crippen molar-refractivity contribution in [3.63, 3.8) is 0 Å². The van der Waals surface area contributed by atoms with Gasteiger partial charge in [-0.05, 0) is 29.2 Å². The van der Waals surface area contributed by atoms with Crippen LogP contribution in [0.4, 0.5) is 13.2 Å². The van der Waals surface area contributed by atoms with Crippen molar-refractivity contribution < 1.29 is 18.0 Å². The number of alkyl halides is 3. The summed E-state index contributed by atoms with van der Waals surface area (Å²) in [6.45, 7) is 3.71. The Labute approximate surface area is 97.6 Å². The number of carbonyl (C=O) groups is 1. The molecule has 0 saturated heterocycles. The third kappa shape index (κ3) is 3.47. The van der Waals surface area contributed by atoms with Crippen molar-refractivity contribution in [3.05, 3.63) is 34.9 Å². The number of benzene rings is 1. The predicted octanol–water partition coefficient (Wildman–Crippen LogP) is 2.86. The molecule has 17 heavy (non-hydrogen) atoms. The van der Waals surface area contributed by atoms with Gasteiger partial charge in [-0.3, -0.25) is 4.79 Å². The first-order chi connectivity index (χ1) is 7.71. The molecule has 2 N–H and O–H groups in total. The number of primary amides is 1. The van der Waals surface area contributed by atoms with Gasteiger partial charge in [0.25, 0.3) is 0 Å². The molecule has 0 aliphatic rings. The van der Waals surface area contributed by atoms with Gasteiger partial charge in [0, 0.05) is 0 Å². The molecule has 94 valence electrons. The molecule has 0 atom stereocenters. The lowest BCUT2D eigenvalue weighted by Gasteiger charge is -2.15. The van der Waals surface area contributed by atoms with Crippen LogP contribution in [0, 0.1) is 0 Å². The Morgan fingerprint density at radius 2 is 1.94 bits per heavy atom. The van der Waals surface area contributed by atoms with Crippen molar-refractivity contribution in [2.45, 2.75) is 32.4 Å². The lowest BCUT2D eigenvalue weighted by molar-refractivity contribution is -0.137. The Morgan fingerprint density at radius 3 is 2.35 bits per heavy atom. The zero-order chi connectivity index (χ0) is 13.2. The lowest BCUT2D eigenvalue weighted by Crippen LogP contribution is -2.16. The largest absolute Gasteiger partial charge is 0.416 e. The molecule has 0 aromatic heterocycles. The smallest absolute Gasteiger partial charge is 0.369 e. The van der Waals surface area contributed by atoms with Gasteiger partial charge >= 0.3 is 6.18 Å². The van der Waals surface area contributed by atoms with Crippen LogP contribution >= 0.6 is 0 Å². The molecule has 1 aromatic rings. The van der Waals surface area contributed by atoms with Crippen LogP contribution in [0.2, 0.25) is 0 Å². The normalized spacial score (nSPS) is 11.9. The molecule has 1 aromatic carbocycles. The molecular formula is C12H14F3NO. The van der Waals surface area contributed by atoms with E-state index in [0.717, 1.165) is 17.7 Å². The summed E-state index contributed by atoms with van der Waals surface area (Å²) < 4.78 is 37.6. The fourth-order valence-corrected chi connectivity index (χ4v) is 1.69. The quantitative estimate of drug-likeness (QED) is 0.874. The van der Waals surface area contributed by atoms with E-state index >= 15 is 0 Å². The Morgan fingerprint density at radius 1 is 1.35 bits per heavy atom. The Bertz CT molecular complexity index is 424. The monoisotopic (exact) mass is 245 g/mol. The van der Waals surface area contributed by atoms with Crippen LogP contribution in [-0.2, 0) is 17.4 Å². The van der Waals surface area contributed by atoms with Gasteiger partial charge in [-0.1, -0.05) is 19.9 Å². The van der Waals surface area contributed by atoms with Gasteiger partial charge in [0.2, 0.25) is 5.91 Å². The maximum Gasteiger partial charge on any atom is 0.416 e. The number of amides is 1. The molecule has 0 aliphatic heterocycles. The van der Waals surface area contributed by atoms with Crippen LogP contribution in [-0.4, -0.2) is 5.91 Å². The first-order valence-electron chi connectivity index (χ1n) is 5.20. The Hall–Kier alpha value is -1.52.